The molecule has 1 aromatic heterocycles. The predicted octanol–water partition coefficient (Wildman–Crippen LogP) is 3.06. The summed E-state index contributed by atoms with van der Waals surface area (Å²) < 4.78 is 0. The molecule has 2 aromatic rings. The molecule has 1 fully saturated rings. The van der Waals surface area contributed by atoms with Gasteiger partial charge in [0.05, 0.1) is 16.2 Å². The molecule has 19 heavy (non-hydrogen) atoms. The van der Waals surface area contributed by atoms with Crippen molar-refractivity contribution in [3.63, 3.8) is 0 Å². The highest BCUT2D eigenvalue weighted by molar-refractivity contribution is 6.35. The summed E-state index contributed by atoms with van der Waals surface area (Å²) in [6.45, 7) is 4.18. The summed E-state index contributed by atoms with van der Waals surface area (Å²) in [5, 5.41) is 1.78. The Morgan fingerprint density at radius 2 is 2.21 bits per heavy atom. The fraction of sp³-hybridized carbons (Fsp3) is 0.400. The van der Waals surface area contributed by atoms with Gasteiger partial charge in [-0.15, -0.1) is 0 Å². The molecule has 1 aliphatic rings. The van der Waals surface area contributed by atoms with Gasteiger partial charge in [0.15, 0.2) is 0 Å². The second-order valence-electron chi connectivity index (χ2n) is 5.34. The molecule has 2 atom stereocenters. The topological polar surface area (TPSA) is 42.2 Å². The first-order chi connectivity index (χ1) is 9.16. The van der Waals surface area contributed by atoms with Gasteiger partial charge in [0, 0.05) is 30.7 Å². The number of nitrogens with two attached hydrogens (primary N) is 1. The summed E-state index contributed by atoms with van der Waals surface area (Å²) in [5.41, 5.74) is 8.24. The maximum Gasteiger partial charge on any atom is 0.0950 e. The van der Waals surface area contributed by atoms with Crippen molar-refractivity contribution in [2.45, 2.75) is 19.4 Å². The summed E-state index contributed by atoms with van der Waals surface area (Å²) in [7, 11) is 0. The molecule has 3 rings (SSSR count). The van der Waals surface area contributed by atoms with Crippen LogP contribution in [0.5, 0.6) is 0 Å². The third kappa shape index (κ3) is 2.28. The number of piperidine rings is 1. The van der Waals surface area contributed by atoms with Crippen molar-refractivity contribution in [2.75, 3.05) is 18.0 Å². The number of fused-ring (bicyclic) bond motifs is 1. The van der Waals surface area contributed by atoms with Gasteiger partial charge in [-0.2, -0.15) is 0 Å². The molecule has 1 saturated heterocycles. The highest BCUT2D eigenvalue weighted by Crippen LogP contribution is 2.32. The third-order valence-corrected chi connectivity index (χ3v) is 4.34. The van der Waals surface area contributed by atoms with Crippen LogP contribution in [0.3, 0.4) is 0 Å². The molecule has 0 amide bonds. The van der Waals surface area contributed by atoms with Crippen LogP contribution in [-0.2, 0) is 0 Å². The number of halogens is 1. The minimum Gasteiger partial charge on any atom is -0.369 e. The molecule has 0 aliphatic carbocycles. The molecule has 0 bridgehead atoms. The molecule has 1 aliphatic heterocycles. The lowest BCUT2D eigenvalue weighted by Crippen LogP contribution is -2.46. The number of benzene rings is 1. The van der Waals surface area contributed by atoms with Crippen molar-refractivity contribution in [1.82, 2.24) is 4.98 Å². The van der Waals surface area contributed by atoms with Crippen LogP contribution in [0.4, 0.5) is 5.69 Å². The third-order valence-electron chi connectivity index (χ3n) is 4.01. The summed E-state index contributed by atoms with van der Waals surface area (Å²) in [6.07, 6.45) is 2.85. The van der Waals surface area contributed by atoms with Crippen LogP contribution >= 0.6 is 11.6 Å². The highest BCUT2D eigenvalue weighted by Gasteiger charge is 2.24. The maximum atomic E-state index is 6.24. The molecule has 2 heterocycles. The van der Waals surface area contributed by atoms with E-state index < -0.39 is 0 Å². The highest BCUT2D eigenvalue weighted by atomic mass is 35.5. The van der Waals surface area contributed by atoms with E-state index in [1.165, 1.54) is 5.69 Å². The summed E-state index contributed by atoms with van der Waals surface area (Å²) >= 11 is 6.24. The lowest BCUT2D eigenvalue weighted by Gasteiger charge is -2.37. The fourth-order valence-electron chi connectivity index (χ4n) is 2.76. The van der Waals surface area contributed by atoms with Gasteiger partial charge in [0.25, 0.3) is 0 Å². The van der Waals surface area contributed by atoms with E-state index in [-0.39, 0.29) is 0 Å². The minimum atomic E-state index is 0.308. The average Bonchev–Trinajstić information content (AvgIpc) is 2.43. The van der Waals surface area contributed by atoms with Crippen molar-refractivity contribution >= 4 is 28.2 Å². The fourth-order valence-corrected chi connectivity index (χ4v) is 2.98. The quantitative estimate of drug-likeness (QED) is 0.870. The van der Waals surface area contributed by atoms with Gasteiger partial charge in [-0.3, -0.25) is 4.98 Å². The summed E-state index contributed by atoms with van der Waals surface area (Å²) in [4.78, 5) is 6.88. The van der Waals surface area contributed by atoms with Crippen LogP contribution in [0.1, 0.15) is 13.3 Å². The predicted molar refractivity (Wildman–Crippen MR) is 80.7 cm³/mol. The largest absolute Gasteiger partial charge is 0.369 e. The van der Waals surface area contributed by atoms with Crippen LogP contribution in [0, 0.1) is 5.92 Å². The zero-order valence-electron chi connectivity index (χ0n) is 11.0. The van der Waals surface area contributed by atoms with E-state index in [9.17, 15) is 0 Å². The standard InChI is InChI=1S/C15H18ClN3/c1-10-9-19(8-6-13(10)17)14-5-4-12(16)11-3-2-7-18-15(11)14/h2-5,7,10,13H,6,8-9,17H2,1H3. The first kappa shape index (κ1) is 12.7. The summed E-state index contributed by atoms with van der Waals surface area (Å²) in [6, 6.07) is 8.28. The monoisotopic (exact) mass is 275 g/mol. The Balaban J connectivity index is 2.04. The molecule has 2 unspecified atom stereocenters. The number of hydrogen-bond donors (Lipinski definition) is 1. The molecule has 0 spiro atoms. The second kappa shape index (κ2) is 4.99. The Bertz CT molecular complexity index is 599. The van der Waals surface area contributed by atoms with Gasteiger partial charge in [0.1, 0.15) is 0 Å². The van der Waals surface area contributed by atoms with Gasteiger partial charge >= 0.3 is 0 Å². The number of aromatic nitrogens is 1. The average molecular weight is 276 g/mol. The Kier molecular flexibility index (Phi) is 3.33. The smallest absolute Gasteiger partial charge is 0.0950 e. The lowest BCUT2D eigenvalue weighted by molar-refractivity contribution is 0.383. The molecule has 1 aromatic carbocycles. The van der Waals surface area contributed by atoms with Gasteiger partial charge in [0.2, 0.25) is 0 Å². The van der Waals surface area contributed by atoms with Gasteiger partial charge in [-0.1, -0.05) is 18.5 Å². The number of hydrogen-bond acceptors (Lipinski definition) is 3. The zero-order valence-corrected chi connectivity index (χ0v) is 11.8. The minimum absolute atomic E-state index is 0.308. The van der Waals surface area contributed by atoms with Gasteiger partial charge < -0.3 is 10.6 Å². The maximum absolute atomic E-state index is 6.24. The lowest BCUT2D eigenvalue weighted by atomic mass is 9.94. The van der Waals surface area contributed by atoms with Crippen LogP contribution < -0.4 is 10.6 Å². The first-order valence-corrected chi connectivity index (χ1v) is 7.08. The number of rotatable bonds is 1. The van der Waals surface area contributed by atoms with Crippen LogP contribution in [-0.4, -0.2) is 24.1 Å². The Morgan fingerprint density at radius 1 is 1.37 bits per heavy atom. The van der Waals surface area contributed by atoms with E-state index in [1.54, 1.807) is 0 Å². The first-order valence-electron chi connectivity index (χ1n) is 6.70. The van der Waals surface area contributed by atoms with Gasteiger partial charge in [-0.05, 0) is 36.6 Å². The van der Waals surface area contributed by atoms with Crippen LogP contribution in [0.25, 0.3) is 10.9 Å². The van der Waals surface area contributed by atoms with Crippen molar-refractivity contribution < 1.29 is 0 Å². The van der Waals surface area contributed by atoms with E-state index in [1.807, 2.05) is 24.4 Å². The zero-order chi connectivity index (χ0) is 13.4. The second-order valence-corrected chi connectivity index (χ2v) is 5.75. The van der Waals surface area contributed by atoms with Crippen molar-refractivity contribution in [2.24, 2.45) is 11.7 Å². The number of anilines is 1. The molecular weight excluding hydrogens is 258 g/mol. The molecule has 0 saturated carbocycles. The number of nitrogens with zero attached hydrogens (tertiary/aromatic N) is 2. The van der Waals surface area contributed by atoms with E-state index in [0.717, 1.165) is 35.4 Å². The Hall–Kier alpha value is -1.32. The molecule has 0 radical (unpaired) electrons. The Labute approximate surface area is 118 Å². The Morgan fingerprint density at radius 3 is 3.00 bits per heavy atom. The number of pyridine rings is 1. The van der Waals surface area contributed by atoms with E-state index in [0.29, 0.717) is 12.0 Å². The molecule has 2 N–H and O–H groups in total. The SMILES string of the molecule is CC1CN(c2ccc(Cl)c3cccnc23)CCC1N. The molecule has 100 valence electrons. The molecular formula is C15H18ClN3. The van der Waals surface area contributed by atoms with Crippen LogP contribution in [0.2, 0.25) is 5.02 Å². The van der Waals surface area contributed by atoms with E-state index >= 15 is 0 Å². The molecule has 4 heteroatoms. The molecule has 3 nitrogen and oxygen atoms in total. The van der Waals surface area contributed by atoms with Crippen molar-refractivity contribution in [3.05, 3.63) is 35.5 Å². The van der Waals surface area contributed by atoms with Crippen molar-refractivity contribution in [3.8, 4) is 0 Å². The van der Waals surface area contributed by atoms with E-state index in [4.69, 9.17) is 17.3 Å². The van der Waals surface area contributed by atoms with E-state index in [2.05, 4.69) is 22.9 Å². The summed E-state index contributed by atoms with van der Waals surface area (Å²) in [5.74, 6) is 0.503. The van der Waals surface area contributed by atoms with Gasteiger partial charge in [-0.25, -0.2) is 0 Å². The normalized spacial score (nSPS) is 23.8. The van der Waals surface area contributed by atoms with Crippen molar-refractivity contribution in [1.29, 1.82) is 0 Å². The van der Waals surface area contributed by atoms with Crippen LogP contribution in [0.15, 0.2) is 30.5 Å².